The van der Waals surface area contributed by atoms with E-state index >= 15 is 0 Å². The van der Waals surface area contributed by atoms with Crippen molar-refractivity contribution in [1.29, 1.82) is 0 Å². The smallest absolute Gasteiger partial charge is 0.231 e. The molecule has 0 saturated heterocycles. The molecule has 5 heteroatoms. The average molecular weight is 369 g/mol. The van der Waals surface area contributed by atoms with E-state index in [0.717, 1.165) is 25.9 Å². The SMILES string of the molecule is CCC[NH+](CCC)Cc1c([O-])ccc2c1OC(=Cc1cccc(F)c1)C2=O. The van der Waals surface area contributed by atoms with Gasteiger partial charge in [0, 0.05) is 5.56 Å². The van der Waals surface area contributed by atoms with Crippen LogP contribution in [0.1, 0.15) is 48.2 Å². The number of allylic oxidation sites excluding steroid dienone is 1. The molecule has 0 amide bonds. The van der Waals surface area contributed by atoms with Crippen molar-refractivity contribution in [3.8, 4) is 11.5 Å². The molecular weight excluding hydrogens is 345 g/mol. The number of carbonyl (C=O) groups excluding carboxylic acids is 1. The number of nitrogens with one attached hydrogen (secondary N) is 1. The summed E-state index contributed by atoms with van der Waals surface area (Å²) < 4.78 is 19.2. The minimum absolute atomic E-state index is 0.113. The number of fused-ring (bicyclic) bond motifs is 1. The van der Waals surface area contributed by atoms with E-state index in [1.165, 1.54) is 35.2 Å². The zero-order chi connectivity index (χ0) is 19.4. The van der Waals surface area contributed by atoms with E-state index in [0.29, 0.717) is 29.0 Å². The zero-order valence-corrected chi connectivity index (χ0v) is 15.7. The standard InChI is InChI=1S/C22H24FNO3/c1-3-10-24(11-4-2)14-18-19(25)9-8-17-21(26)20(27-22(17)18)13-15-6-5-7-16(23)12-15/h5-9,12-13,25H,3-4,10-11,14H2,1-2H3. The largest absolute Gasteiger partial charge is 0.872 e. The first-order valence-corrected chi connectivity index (χ1v) is 9.39. The Hall–Kier alpha value is -2.66. The van der Waals surface area contributed by atoms with Gasteiger partial charge in [-0.15, -0.1) is 0 Å². The maximum atomic E-state index is 13.4. The molecule has 0 radical (unpaired) electrons. The van der Waals surface area contributed by atoms with E-state index in [9.17, 15) is 14.3 Å². The molecule has 27 heavy (non-hydrogen) atoms. The number of carbonyl (C=O) groups is 1. The molecular formula is C22H24FNO3. The summed E-state index contributed by atoms with van der Waals surface area (Å²) in [7, 11) is 0. The van der Waals surface area contributed by atoms with E-state index < -0.39 is 0 Å². The number of ketones is 1. The van der Waals surface area contributed by atoms with Crippen LogP contribution in [-0.4, -0.2) is 18.9 Å². The molecule has 0 atom stereocenters. The molecule has 0 fully saturated rings. The van der Waals surface area contributed by atoms with Gasteiger partial charge in [-0.2, -0.15) is 0 Å². The van der Waals surface area contributed by atoms with Crippen LogP contribution in [-0.2, 0) is 6.54 Å². The van der Waals surface area contributed by atoms with E-state index in [1.54, 1.807) is 12.1 Å². The minimum atomic E-state index is -0.381. The van der Waals surface area contributed by atoms with Gasteiger partial charge in [-0.25, -0.2) is 4.39 Å². The summed E-state index contributed by atoms with van der Waals surface area (Å²) in [4.78, 5) is 14.0. The first-order chi connectivity index (χ1) is 13.0. The van der Waals surface area contributed by atoms with Crippen molar-refractivity contribution in [3.05, 3.63) is 64.7 Å². The topological polar surface area (TPSA) is 53.8 Å². The van der Waals surface area contributed by atoms with Crippen molar-refractivity contribution >= 4 is 11.9 Å². The normalized spacial score (nSPS) is 14.7. The van der Waals surface area contributed by atoms with Crippen LogP contribution in [0.15, 0.2) is 42.2 Å². The van der Waals surface area contributed by atoms with Gasteiger partial charge in [0.1, 0.15) is 18.1 Å². The van der Waals surface area contributed by atoms with Crippen LogP contribution < -0.4 is 14.7 Å². The Kier molecular flexibility index (Phi) is 5.91. The van der Waals surface area contributed by atoms with Crippen LogP contribution in [0.5, 0.6) is 11.5 Å². The lowest BCUT2D eigenvalue weighted by Crippen LogP contribution is -3.10. The maximum Gasteiger partial charge on any atom is 0.231 e. The Labute approximate surface area is 158 Å². The molecule has 1 aliphatic rings. The molecule has 142 valence electrons. The highest BCUT2D eigenvalue weighted by molar-refractivity contribution is 6.14. The van der Waals surface area contributed by atoms with Crippen LogP contribution in [0, 0.1) is 5.82 Å². The van der Waals surface area contributed by atoms with Gasteiger partial charge in [0.05, 0.1) is 18.7 Å². The monoisotopic (exact) mass is 369 g/mol. The van der Waals surface area contributed by atoms with Gasteiger partial charge >= 0.3 is 0 Å². The summed E-state index contributed by atoms with van der Waals surface area (Å²) in [5.74, 6) is -0.288. The molecule has 2 aromatic rings. The molecule has 2 aromatic carbocycles. The predicted molar refractivity (Wildman–Crippen MR) is 100 cm³/mol. The number of benzene rings is 2. The Balaban J connectivity index is 1.93. The maximum absolute atomic E-state index is 13.4. The summed E-state index contributed by atoms with van der Waals surface area (Å²) in [6.45, 7) is 6.67. The molecule has 4 nitrogen and oxygen atoms in total. The first-order valence-electron chi connectivity index (χ1n) is 9.39. The highest BCUT2D eigenvalue weighted by Gasteiger charge is 2.31. The average Bonchev–Trinajstić information content (AvgIpc) is 2.94. The molecule has 3 rings (SSSR count). The van der Waals surface area contributed by atoms with Crippen molar-refractivity contribution in [3.63, 3.8) is 0 Å². The van der Waals surface area contributed by atoms with Crippen LogP contribution in [0.2, 0.25) is 0 Å². The second-order valence-electron chi connectivity index (χ2n) is 6.84. The number of rotatable bonds is 7. The Morgan fingerprint density at radius 3 is 2.56 bits per heavy atom. The van der Waals surface area contributed by atoms with E-state index in [-0.39, 0.29) is 23.1 Å². The predicted octanol–water partition coefficient (Wildman–Crippen LogP) is 2.72. The van der Waals surface area contributed by atoms with Gasteiger partial charge in [-0.05, 0) is 42.7 Å². The molecule has 0 spiro atoms. The number of hydrogen-bond acceptors (Lipinski definition) is 3. The Morgan fingerprint density at radius 1 is 1.15 bits per heavy atom. The van der Waals surface area contributed by atoms with Crippen molar-refractivity contribution in [2.75, 3.05) is 13.1 Å². The van der Waals surface area contributed by atoms with Gasteiger partial charge in [0.15, 0.2) is 5.76 Å². The highest BCUT2D eigenvalue weighted by Crippen LogP contribution is 2.38. The summed E-state index contributed by atoms with van der Waals surface area (Å²) >= 11 is 0. The molecule has 0 saturated carbocycles. The second-order valence-corrected chi connectivity index (χ2v) is 6.84. The molecule has 0 aliphatic carbocycles. The lowest BCUT2D eigenvalue weighted by atomic mass is 10.0. The summed E-state index contributed by atoms with van der Waals surface area (Å²) in [5.41, 5.74) is 1.49. The third-order valence-corrected chi connectivity index (χ3v) is 4.68. The van der Waals surface area contributed by atoms with Crippen LogP contribution in [0.3, 0.4) is 0 Å². The third kappa shape index (κ3) is 4.19. The molecule has 1 aliphatic heterocycles. The summed E-state index contributed by atoms with van der Waals surface area (Å²) in [5, 5.41) is 12.5. The lowest BCUT2D eigenvalue weighted by molar-refractivity contribution is -0.914. The third-order valence-electron chi connectivity index (χ3n) is 4.68. The van der Waals surface area contributed by atoms with Crippen LogP contribution in [0.4, 0.5) is 4.39 Å². The van der Waals surface area contributed by atoms with Crippen molar-refractivity contribution in [2.24, 2.45) is 0 Å². The lowest BCUT2D eigenvalue weighted by Gasteiger charge is -2.23. The van der Waals surface area contributed by atoms with Gasteiger partial charge in [0.25, 0.3) is 0 Å². The van der Waals surface area contributed by atoms with Gasteiger partial charge in [0.2, 0.25) is 5.78 Å². The molecule has 1 heterocycles. The number of Topliss-reactive ketones (excluding diaryl/α,β-unsaturated/α-hetero) is 1. The van der Waals surface area contributed by atoms with E-state index in [2.05, 4.69) is 13.8 Å². The molecule has 0 aromatic heterocycles. The van der Waals surface area contributed by atoms with Crippen LogP contribution >= 0.6 is 0 Å². The minimum Gasteiger partial charge on any atom is -0.872 e. The first kappa shape index (κ1) is 19.1. The Morgan fingerprint density at radius 2 is 1.89 bits per heavy atom. The summed E-state index contributed by atoms with van der Waals surface area (Å²) in [6, 6.07) is 8.91. The number of hydrogen-bond donors (Lipinski definition) is 1. The summed E-state index contributed by atoms with van der Waals surface area (Å²) in [6.07, 6.45) is 3.55. The van der Waals surface area contributed by atoms with E-state index in [4.69, 9.17) is 4.74 Å². The van der Waals surface area contributed by atoms with Gasteiger partial charge in [-0.1, -0.05) is 37.8 Å². The van der Waals surface area contributed by atoms with Crippen molar-refractivity contribution in [2.45, 2.75) is 33.2 Å². The molecule has 0 bridgehead atoms. The van der Waals surface area contributed by atoms with Gasteiger partial charge in [-0.3, -0.25) is 4.79 Å². The van der Waals surface area contributed by atoms with Crippen LogP contribution in [0.25, 0.3) is 6.08 Å². The molecule has 1 N–H and O–H groups in total. The van der Waals surface area contributed by atoms with Crippen molar-refractivity contribution in [1.82, 2.24) is 0 Å². The fourth-order valence-corrected chi connectivity index (χ4v) is 3.46. The second kappa shape index (κ2) is 8.35. The van der Waals surface area contributed by atoms with Gasteiger partial charge < -0.3 is 14.7 Å². The highest BCUT2D eigenvalue weighted by atomic mass is 19.1. The quantitative estimate of drug-likeness (QED) is 0.764. The number of ether oxygens (including phenoxy) is 1. The van der Waals surface area contributed by atoms with E-state index in [1.807, 2.05) is 0 Å². The zero-order valence-electron chi connectivity index (χ0n) is 15.7. The number of quaternary nitrogens is 1. The number of halogens is 1. The molecule has 0 unspecified atom stereocenters. The fourth-order valence-electron chi connectivity index (χ4n) is 3.46. The Bertz CT molecular complexity index is 870. The fraction of sp³-hybridized carbons (Fsp3) is 0.318. The van der Waals surface area contributed by atoms with Crippen molar-refractivity contribution < 1.29 is 23.9 Å².